The molecule has 2 nitrogen and oxygen atoms in total. The molecule has 1 aromatic carbocycles. The maximum Gasteiger partial charge on any atom is 0.306 e. The zero-order chi connectivity index (χ0) is 16.5. The number of hydrogen-bond acceptors (Lipinski definition) is 2. The predicted molar refractivity (Wildman–Crippen MR) is 93.0 cm³/mol. The highest BCUT2D eigenvalue weighted by molar-refractivity contribution is 5.69. The van der Waals surface area contributed by atoms with Gasteiger partial charge in [0.1, 0.15) is 6.61 Å². The topological polar surface area (TPSA) is 26.3 Å². The minimum atomic E-state index is -0.101. The number of esters is 1. The number of ether oxygens (including phenoxy) is 1. The number of benzene rings is 1. The van der Waals surface area contributed by atoms with Crippen LogP contribution in [0.15, 0.2) is 35.9 Å². The van der Waals surface area contributed by atoms with Crippen LogP contribution in [0.3, 0.4) is 0 Å². The molecule has 0 spiro atoms. The molecule has 1 rings (SSSR count). The highest BCUT2D eigenvalue weighted by Crippen LogP contribution is 2.21. The van der Waals surface area contributed by atoms with Gasteiger partial charge in [0.2, 0.25) is 0 Å². The smallest absolute Gasteiger partial charge is 0.306 e. The Labute approximate surface area is 135 Å². The fourth-order valence-electron chi connectivity index (χ4n) is 2.29. The Kier molecular flexibility index (Phi) is 7.94. The van der Waals surface area contributed by atoms with Crippen molar-refractivity contribution >= 4 is 5.97 Å². The quantitative estimate of drug-likeness (QED) is 0.474. The molecule has 0 fully saturated rings. The molecule has 122 valence electrons. The molecule has 0 aliphatic heterocycles. The van der Waals surface area contributed by atoms with Crippen LogP contribution in [0, 0.1) is 12.8 Å². The molecule has 1 aromatic rings. The van der Waals surface area contributed by atoms with E-state index in [1.807, 2.05) is 20.8 Å². The summed E-state index contributed by atoms with van der Waals surface area (Å²) in [5.41, 5.74) is 3.82. The van der Waals surface area contributed by atoms with Gasteiger partial charge in [-0.05, 0) is 49.7 Å². The van der Waals surface area contributed by atoms with Crippen LogP contribution in [-0.2, 0) is 9.53 Å². The second-order valence-electron chi connectivity index (χ2n) is 6.70. The summed E-state index contributed by atoms with van der Waals surface area (Å²) in [6.07, 6.45) is 4.81. The highest BCUT2D eigenvalue weighted by Gasteiger charge is 2.07. The summed E-state index contributed by atoms with van der Waals surface area (Å²) in [5.74, 6) is 0.802. The lowest BCUT2D eigenvalue weighted by atomic mass is 9.95. The molecular formula is C20H30O2. The molecule has 0 aromatic heterocycles. The van der Waals surface area contributed by atoms with E-state index >= 15 is 0 Å². The van der Waals surface area contributed by atoms with E-state index in [4.69, 9.17) is 4.74 Å². The summed E-state index contributed by atoms with van der Waals surface area (Å²) in [6.45, 7) is 10.9. The van der Waals surface area contributed by atoms with Gasteiger partial charge in [-0.2, -0.15) is 0 Å². The van der Waals surface area contributed by atoms with Crippen molar-refractivity contribution in [3.63, 3.8) is 0 Å². The average molecular weight is 302 g/mol. The molecule has 2 heteroatoms. The minimum Gasteiger partial charge on any atom is -0.461 e. The first-order valence-corrected chi connectivity index (χ1v) is 8.26. The third kappa shape index (κ3) is 7.44. The lowest BCUT2D eigenvalue weighted by Crippen LogP contribution is -2.09. The van der Waals surface area contributed by atoms with Crippen molar-refractivity contribution in [3.8, 4) is 0 Å². The molecule has 0 aliphatic carbocycles. The number of carbonyl (C=O) groups excluding carboxylic acids is 1. The zero-order valence-corrected chi connectivity index (χ0v) is 14.7. The van der Waals surface area contributed by atoms with Crippen LogP contribution in [-0.4, -0.2) is 12.6 Å². The largest absolute Gasteiger partial charge is 0.461 e. The van der Waals surface area contributed by atoms with Crippen molar-refractivity contribution in [2.45, 2.75) is 59.8 Å². The lowest BCUT2D eigenvalue weighted by molar-refractivity contribution is -0.143. The number of allylic oxidation sites excluding steroid dienone is 1. The number of hydrogen-bond donors (Lipinski definition) is 0. The molecule has 0 amide bonds. The van der Waals surface area contributed by atoms with Gasteiger partial charge < -0.3 is 4.74 Å². The van der Waals surface area contributed by atoms with Crippen LogP contribution in [0.4, 0.5) is 0 Å². The summed E-state index contributed by atoms with van der Waals surface area (Å²) in [6, 6.07) is 8.76. The molecule has 0 saturated carbocycles. The Morgan fingerprint density at radius 2 is 1.82 bits per heavy atom. The number of carbonyl (C=O) groups is 1. The van der Waals surface area contributed by atoms with E-state index in [0.717, 1.165) is 18.4 Å². The first-order chi connectivity index (χ1) is 10.4. The highest BCUT2D eigenvalue weighted by atomic mass is 16.5. The first kappa shape index (κ1) is 18.5. The molecule has 22 heavy (non-hydrogen) atoms. The van der Waals surface area contributed by atoms with E-state index in [1.54, 1.807) is 0 Å². The Bertz CT molecular complexity index is 483. The third-order valence-corrected chi connectivity index (χ3v) is 3.77. The van der Waals surface area contributed by atoms with Crippen LogP contribution in [0.5, 0.6) is 0 Å². The molecule has 0 N–H and O–H groups in total. The van der Waals surface area contributed by atoms with Crippen molar-refractivity contribution in [3.05, 3.63) is 47.0 Å². The van der Waals surface area contributed by atoms with Gasteiger partial charge in [-0.15, -0.1) is 0 Å². The van der Waals surface area contributed by atoms with Crippen LogP contribution in [0.1, 0.15) is 64.0 Å². The Hall–Kier alpha value is -1.57. The van der Waals surface area contributed by atoms with E-state index in [-0.39, 0.29) is 5.97 Å². The minimum absolute atomic E-state index is 0.101. The van der Waals surface area contributed by atoms with E-state index in [0.29, 0.717) is 24.9 Å². The van der Waals surface area contributed by atoms with Gasteiger partial charge in [0.15, 0.2) is 0 Å². The molecule has 0 radical (unpaired) electrons. The van der Waals surface area contributed by atoms with Crippen molar-refractivity contribution in [2.75, 3.05) is 6.61 Å². The van der Waals surface area contributed by atoms with Crippen LogP contribution < -0.4 is 0 Å². The molecule has 0 unspecified atom stereocenters. The van der Waals surface area contributed by atoms with Crippen molar-refractivity contribution in [2.24, 2.45) is 5.92 Å². The maximum absolute atomic E-state index is 11.5. The van der Waals surface area contributed by atoms with Gasteiger partial charge in [-0.1, -0.05) is 56.7 Å². The van der Waals surface area contributed by atoms with Gasteiger partial charge in [0.05, 0.1) is 0 Å². The van der Waals surface area contributed by atoms with Gasteiger partial charge in [0, 0.05) is 6.42 Å². The molecule has 0 aliphatic rings. The summed E-state index contributed by atoms with van der Waals surface area (Å²) in [7, 11) is 0. The van der Waals surface area contributed by atoms with E-state index < -0.39 is 0 Å². The van der Waals surface area contributed by atoms with Crippen molar-refractivity contribution in [1.29, 1.82) is 0 Å². The van der Waals surface area contributed by atoms with E-state index in [2.05, 4.69) is 44.2 Å². The van der Waals surface area contributed by atoms with E-state index in [1.165, 1.54) is 11.1 Å². The molecular weight excluding hydrogens is 272 g/mol. The molecule has 0 saturated heterocycles. The SMILES string of the molecule is CC(=CCC[C@H](C)c1ccc(C)cc1)COC(=O)CC(C)C. The van der Waals surface area contributed by atoms with Gasteiger partial charge >= 0.3 is 5.97 Å². The van der Waals surface area contributed by atoms with Gasteiger partial charge in [0.25, 0.3) is 0 Å². The van der Waals surface area contributed by atoms with Crippen LogP contribution in [0.25, 0.3) is 0 Å². The Morgan fingerprint density at radius 3 is 2.41 bits per heavy atom. The lowest BCUT2D eigenvalue weighted by Gasteiger charge is -2.11. The predicted octanol–water partition coefficient (Wildman–Crippen LogP) is 5.41. The van der Waals surface area contributed by atoms with Gasteiger partial charge in [-0.3, -0.25) is 4.79 Å². The number of rotatable bonds is 8. The summed E-state index contributed by atoms with van der Waals surface area (Å²) >= 11 is 0. The fourth-order valence-corrected chi connectivity index (χ4v) is 2.29. The van der Waals surface area contributed by atoms with Crippen molar-refractivity contribution < 1.29 is 9.53 Å². The third-order valence-electron chi connectivity index (χ3n) is 3.77. The van der Waals surface area contributed by atoms with Gasteiger partial charge in [-0.25, -0.2) is 0 Å². The Morgan fingerprint density at radius 1 is 1.18 bits per heavy atom. The number of aryl methyl sites for hydroxylation is 1. The summed E-state index contributed by atoms with van der Waals surface area (Å²) in [5, 5.41) is 0. The monoisotopic (exact) mass is 302 g/mol. The molecule has 0 bridgehead atoms. The van der Waals surface area contributed by atoms with Crippen LogP contribution >= 0.6 is 0 Å². The second-order valence-corrected chi connectivity index (χ2v) is 6.70. The fraction of sp³-hybridized carbons (Fsp3) is 0.550. The first-order valence-electron chi connectivity index (χ1n) is 8.26. The molecule has 0 heterocycles. The second kappa shape index (κ2) is 9.45. The summed E-state index contributed by atoms with van der Waals surface area (Å²) < 4.78 is 5.26. The maximum atomic E-state index is 11.5. The molecule has 1 atom stereocenters. The Balaban J connectivity index is 2.32. The van der Waals surface area contributed by atoms with Crippen molar-refractivity contribution in [1.82, 2.24) is 0 Å². The standard InChI is InChI=1S/C20H30O2/c1-15(2)13-20(21)22-14-17(4)7-6-8-18(5)19-11-9-16(3)10-12-19/h7,9-12,15,18H,6,8,13-14H2,1-5H3/t18-/m0/s1. The normalized spacial score (nSPS) is 13.3. The summed E-state index contributed by atoms with van der Waals surface area (Å²) in [4.78, 5) is 11.5. The average Bonchev–Trinajstić information content (AvgIpc) is 2.45. The zero-order valence-electron chi connectivity index (χ0n) is 14.7. The van der Waals surface area contributed by atoms with Crippen LogP contribution in [0.2, 0.25) is 0 Å². The van der Waals surface area contributed by atoms with E-state index in [9.17, 15) is 4.79 Å².